The number of rotatable bonds is 6. The zero-order valence-corrected chi connectivity index (χ0v) is 16.6. The minimum Gasteiger partial charge on any atom is -0.423 e. The molecule has 13 heteroatoms. The van der Waals surface area contributed by atoms with Gasteiger partial charge in [-0.3, -0.25) is 9.35 Å². The maximum atomic E-state index is 14.6. The van der Waals surface area contributed by atoms with Gasteiger partial charge in [-0.05, 0) is 24.3 Å². The quantitative estimate of drug-likeness (QED) is 0.192. The highest BCUT2D eigenvalue weighted by molar-refractivity contribution is 7.81. The lowest BCUT2D eigenvalue weighted by Crippen LogP contribution is -2.36. The fourth-order valence-corrected chi connectivity index (χ4v) is 3.47. The van der Waals surface area contributed by atoms with Crippen molar-refractivity contribution in [2.75, 3.05) is 9.62 Å². The molecule has 0 aliphatic heterocycles. The highest BCUT2D eigenvalue weighted by atomic mass is 32.2. The van der Waals surface area contributed by atoms with E-state index in [0.717, 1.165) is 18.2 Å². The number of nitrogens with one attached hydrogen (secondary N) is 1. The van der Waals surface area contributed by atoms with E-state index in [1.54, 1.807) is 0 Å². The van der Waals surface area contributed by atoms with Crippen molar-refractivity contribution in [2.24, 2.45) is 0 Å². The third kappa shape index (κ3) is 4.80. The first kappa shape index (κ1) is 23.4. The van der Waals surface area contributed by atoms with Crippen molar-refractivity contribution >= 4 is 46.8 Å². The molecule has 0 spiro atoms. The molecule has 0 saturated carbocycles. The molecule has 0 heterocycles. The second kappa shape index (κ2) is 9.48. The van der Waals surface area contributed by atoms with E-state index in [4.69, 9.17) is 0 Å². The van der Waals surface area contributed by atoms with Crippen molar-refractivity contribution in [3.05, 3.63) is 83.4 Å². The van der Waals surface area contributed by atoms with E-state index in [2.05, 4.69) is 5.32 Å². The smallest absolute Gasteiger partial charge is 0.423 e. The van der Waals surface area contributed by atoms with Crippen LogP contribution in [0.2, 0.25) is 0 Å². The molecule has 32 heavy (non-hydrogen) atoms. The number of carbonyl (C=O) groups is 1. The van der Waals surface area contributed by atoms with Gasteiger partial charge in [-0.15, -0.1) is 0 Å². The Hall–Kier alpha value is -3.26. The Morgan fingerprint density at radius 2 is 1.53 bits per heavy atom. The van der Waals surface area contributed by atoms with E-state index in [-0.39, 0.29) is 16.7 Å². The van der Waals surface area contributed by atoms with Crippen molar-refractivity contribution in [1.29, 1.82) is 0 Å². The molecule has 0 bridgehead atoms. The van der Waals surface area contributed by atoms with E-state index in [9.17, 15) is 41.2 Å². The van der Waals surface area contributed by atoms with E-state index >= 15 is 0 Å². The molecule has 7 nitrogen and oxygen atoms in total. The van der Waals surface area contributed by atoms with Gasteiger partial charge in [-0.2, -0.15) is 0 Å². The van der Waals surface area contributed by atoms with Crippen LogP contribution in [-0.4, -0.2) is 31.8 Å². The number of para-hydroxylation sites is 1. The number of hydrogen-bond acceptors (Lipinski definition) is 4. The number of benzene rings is 3. The van der Waals surface area contributed by atoms with Gasteiger partial charge in [0.15, 0.2) is 17.5 Å². The van der Waals surface area contributed by atoms with Crippen LogP contribution in [0, 0.1) is 23.3 Å². The van der Waals surface area contributed by atoms with Crippen molar-refractivity contribution in [2.45, 2.75) is 0 Å². The summed E-state index contributed by atoms with van der Waals surface area (Å²) in [6.45, 7) is 0. The van der Waals surface area contributed by atoms with Crippen LogP contribution in [-0.2, 0) is 11.3 Å². The highest BCUT2D eigenvalue weighted by Crippen LogP contribution is 2.30. The van der Waals surface area contributed by atoms with Gasteiger partial charge in [0, 0.05) is 28.8 Å². The number of hydrogen-bond donors (Lipinski definition) is 4. The van der Waals surface area contributed by atoms with Crippen LogP contribution in [0.1, 0.15) is 10.4 Å². The third-order valence-electron chi connectivity index (χ3n) is 4.26. The molecule has 0 saturated heterocycles. The maximum absolute atomic E-state index is 14.6. The van der Waals surface area contributed by atoms with E-state index in [1.807, 2.05) is 0 Å². The molecule has 0 aliphatic rings. The zero-order chi connectivity index (χ0) is 23.6. The number of carbonyl (C=O) groups excluding carboxylic acids is 1. The summed E-state index contributed by atoms with van der Waals surface area (Å²) >= 11 is -2.91. The average molecular weight is 468 g/mol. The van der Waals surface area contributed by atoms with Gasteiger partial charge in [0.25, 0.3) is 17.2 Å². The Labute approximate surface area is 181 Å². The van der Waals surface area contributed by atoms with Crippen LogP contribution >= 0.6 is 0 Å². The minimum absolute atomic E-state index is 0.221. The third-order valence-corrected chi connectivity index (χ3v) is 4.96. The highest BCUT2D eigenvalue weighted by Gasteiger charge is 2.26. The van der Waals surface area contributed by atoms with Crippen molar-refractivity contribution < 1.29 is 41.2 Å². The second-order valence-corrected chi connectivity index (χ2v) is 7.16. The van der Waals surface area contributed by atoms with Crippen LogP contribution in [0.15, 0.2) is 54.6 Å². The number of halogens is 4. The number of amides is 1. The molecule has 1 amide bonds. The summed E-state index contributed by atoms with van der Waals surface area (Å²) in [5, 5.41) is 21.2. The molecule has 0 fully saturated rings. The number of nitrogens with zero attached hydrogens (tertiary/aromatic N) is 1. The maximum Gasteiger partial charge on any atom is 0.490 e. The Bertz CT molecular complexity index is 1190. The molecule has 0 aromatic heterocycles. The first-order valence-electron chi connectivity index (χ1n) is 8.71. The minimum atomic E-state index is -2.91. The molecular formula is C19H13BF4N2O5S. The van der Waals surface area contributed by atoms with Crippen LogP contribution in [0.4, 0.5) is 34.6 Å². The molecule has 166 valence electrons. The molecule has 4 N–H and O–H groups in total. The van der Waals surface area contributed by atoms with Crippen LogP contribution in [0.3, 0.4) is 0 Å². The summed E-state index contributed by atoms with van der Waals surface area (Å²) in [5.74, 6) is -6.83. The largest absolute Gasteiger partial charge is 0.490 e. The van der Waals surface area contributed by atoms with Crippen molar-refractivity contribution in [3.8, 4) is 0 Å². The average Bonchev–Trinajstić information content (AvgIpc) is 2.73. The van der Waals surface area contributed by atoms with Crippen molar-refractivity contribution in [1.82, 2.24) is 0 Å². The Balaban J connectivity index is 2.02. The lowest BCUT2D eigenvalue weighted by Gasteiger charge is -2.23. The summed E-state index contributed by atoms with van der Waals surface area (Å²) in [6, 6.07) is 9.00. The Kier molecular flexibility index (Phi) is 6.94. The molecular weight excluding hydrogens is 455 g/mol. The fraction of sp³-hybridized carbons (Fsp3) is 0. The lowest BCUT2D eigenvalue weighted by atomic mass is 9.79. The summed E-state index contributed by atoms with van der Waals surface area (Å²) in [6.07, 6.45) is 0. The van der Waals surface area contributed by atoms with Gasteiger partial charge in [0.1, 0.15) is 5.82 Å². The first-order chi connectivity index (χ1) is 15.1. The lowest BCUT2D eigenvalue weighted by molar-refractivity contribution is 0.102. The Morgan fingerprint density at radius 1 is 0.906 bits per heavy atom. The van der Waals surface area contributed by atoms with Crippen LogP contribution in [0.5, 0.6) is 0 Å². The predicted molar refractivity (Wildman–Crippen MR) is 110 cm³/mol. The fourth-order valence-electron chi connectivity index (χ4n) is 2.83. The van der Waals surface area contributed by atoms with Gasteiger partial charge < -0.3 is 15.4 Å². The van der Waals surface area contributed by atoms with E-state index < -0.39 is 58.9 Å². The molecule has 3 rings (SSSR count). The van der Waals surface area contributed by atoms with E-state index in [0.29, 0.717) is 16.4 Å². The standard InChI is InChI=1S/C19H13BF4N2O5S/c21-13-6-5-10(19(27)25-11-8-14(22)18(24)15(23)9-11)7-17(13)26(32(30)31)16-4-2-1-3-12(16)20(28)29/h1-9,28-29H,(H,25,27)(H,30,31). The topological polar surface area (TPSA) is 110 Å². The molecule has 0 radical (unpaired) electrons. The van der Waals surface area contributed by atoms with E-state index in [1.165, 1.54) is 24.3 Å². The zero-order valence-electron chi connectivity index (χ0n) is 15.8. The molecule has 1 unspecified atom stereocenters. The van der Waals surface area contributed by atoms with Gasteiger partial charge in [-0.25, -0.2) is 26.1 Å². The molecule has 1 atom stereocenters. The second-order valence-electron chi connectivity index (χ2n) is 6.33. The normalized spacial score (nSPS) is 11.7. The molecule has 3 aromatic rings. The van der Waals surface area contributed by atoms with Gasteiger partial charge in [-0.1, -0.05) is 18.2 Å². The molecule has 3 aromatic carbocycles. The predicted octanol–water partition coefficient (Wildman–Crippen LogP) is 2.45. The summed E-state index contributed by atoms with van der Waals surface area (Å²) in [4.78, 5) is 12.5. The monoisotopic (exact) mass is 468 g/mol. The van der Waals surface area contributed by atoms with Gasteiger partial charge in [0.2, 0.25) is 0 Å². The van der Waals surface area contributed by atoms with Crippen molar-refractivity contribution in [3.63, 3.8) is 0 Å². The molecule has 0 aliphatic carbocycles. The summed E-state index contributed by atoms with van der Waals surface area (Å²) in [5.41, 5.74) is -1.75. The Morgan fingerprint density at radius 3 is 2.12 bits per heavy atom. The summed E-state index contributed by atoms with van der Waals surface area (Å²) < 4.78 is 76.6. The first-order valence-corrected chi connectivity index (χ1v) is 9.78. The van der Waals surface area contributed by atoms with Gasteiger partial charge in [0.05, 0.1) is 11.4 Å². The SMILES string of the molecule is O=C(Nc1cc(F)c(F)c(F)c1)c1ccc(F)c(N(c2ccccc2B(O)O)S(=O)O)c1. The summed E-state index contributed by atoms with van der Waals surface area (Å²) in [7, 11) is -2.06. The number of anilines is 3. The van der Waals surface area contributed by atoms with Crippen LogP contribution in [0.25, 0.3) is 0 Å². The van der Waals surface area contributed by atoms with Crippen LogP contribution < -0.4 is 15.1 Å². The van der Waals surface area contributed by atoms with Gasteiger partial charge >= 0.3 is 7.12 Å².